The third-order valence-electron chi connectivity index (χ3n) is 2.18. The highest BCUT2D eigenvalue weighted by Crippen LogP contribution is 2.25. The maximum atomic E-state index is 12.1. The second-order valence-corrected chi connectivity index (χ2v) is 3.55. The fourth-order valence-corrected chi connectivity index (χ4v) is 1.52. The Labute approximate surface area is 107 Å². The van der Waals surface area contributed by atoms with Crippen LogP contribution in [0.2, 0.25) is 0 Å². The first kappa shape index (κ1) is 15.2. The monoisotopic (exact) mass is 278 g/mol. The molecule has 1 heterocycles. The summed E-state index contributed by atoms with van der Waals surface area (Å²) < 4.78 is 44.8. The van der Waals surface area contributed by atoms with Crippen LogP contribution in [0.5, 0.6) is 5.88 Å². The lowest BCUT2D eigenvalue weighted by Gasteiger charge is -2.13. The summed E-state index contributed by atoms with van der Waals surface area (Å²) in [5.74, 6) is -1.33. The number of rotatable bonds is 4. The quantitative estimate of drug-likeness (QED) is 0.852. The molecule has 0 radical (unpaired) electrons. The Morgan fingerprint density at radius 3 is 2.58 bits per heavy atom. The molecule has 2 N–H and O–H groups in total. The summed E-state index contributed by atoms with van der Waals surface area (Å²) in [6.07, 6.45) is -4.85. The molecule has 0 amide bonds. The van der Waals surface area contributed by atoms with Crippen molar-refractivity contribution in [3.8, 4) is 5.88 Å². The molecule has 0 unspecified atom stereocenters. The molecule has 1 rings (SSSR count). The predicted molar refractivity (Wildman–Crippen MR) is 59.5 cm³/mol. The van der Waals surface area contributed by atoms with Gasteiger partial charge in [-0.1, -0.05) is 0 Å². The van der Waals surface area contributed by atoms with Gasteiger partial charge in [-0.2, -0.15) is 0 Å². The molecule has 0 bridgehead atoms. The van der Waals surface area contributed by atoms with Gasteiger partial charge in [-0.05, 0) is 19.4 Å². The van der Waals surface area contributed by atoms with E-state index in [1.165, 1.54) is 6.92 Å². The highest BCUT2D eigenvalue weighted by atomic mass is 19.4. The summed E-state index contributed by atoms with van der Waals surface area (Å²) in [6, 6.07) is 0.979. The summed E-state index contributed by atoms with van der Waals surface area (Å²) in [5, 5.41) is 0. The number of hydrogen-bond acceptors (Lipinski definition) is 5. The molecule has 5 nitrogen and oxygen atoms in total. The Hall–Kier alpha value is -1.83. The molecule has 0 spiro atoms. The minimum Gasteiger partial charge on any atom is -0.462 e. The summed E-state index contributed by atoms with van der Waals surface area (Å²) in [6.45, 7) is 3.01. The second kappa shape index (κ2) is 5.87. The Kier molecular flexibility index (Phi) is 4.71. The average molecular weight is 278 g/mol. The van der Waals surface area contributed by atoms with E-state index in [2.05, 4.69) is 9.72 Å². The van der Waals surface area contributed by atoms with E-state index in [9.17, 15) is 18.0 Å². The van der Waals surface area contributed by atoms with Crippen LogP contribution >= 0.6 is 0 Å². The van der Waals surface area contributed by atoms with Crippen LogP contribution in [0, 0.1) is 6.92 Å². The number of hydrogen-bond donors (Lipinski definition) is 1. The first-order chi connectivity index (χ1) is 8.78. The van der Waals surface area contributed by atoms with Crippen LogP contribution in [-0.2, 0) is 11.3 Å². The number of aromatic nitrogens is 1. The fraction of sp³-hybridized carbons (Fsp3) is 0.455. The van der Waals surface area contributed by atoms with Gasteiger partial charge in [0, 0.05) is 12.6 Å². The number of alkyl halides is 3. The van der Waals surface area contributed by atoms with Crippen LogP contribution in [0.1, 0.15) is 28.5 Å². The van der Waals surface area contributed by atoms with E-state index in [1.54, 1.807) is 6.92 Å². The van der Waals surface area contributed by atoms with Crippen molar-refractivity contribution < 1.29 is 27.4 Å². The highest BCUT2D eigenvalue weighted by molar-refractivity contribution is 5.92. The number of nitrogens with zero attached hydrogens (tertiary/aromatic N) is 1. The molecule has 19 heavy (non-hydrogen) atoms. The van der Waals surface area contributed by atoms with Gasteiger partial charge in [-0.3, -0.25) is 0 Å². The lowest BCUT2D eigenvalue weighted by atomic mass is 10.1. The number of carbonyl (C=O) groups excluding carboxylic acids is 1. The van der Waals surface area contributed by atoms with Gasteiger partial charge >= 0.3 is 12.3 Å². The van der Waals surface area contributed by atoms with Gasteiger partial charge in [0.2, 0.25) is 5.88 Å². The Morgan fingerprint density at radius 1 is 1.47 bits per heavy atom. The molecular weight excluding hydrogens is 265 g/mol. The van der Waals surface area contributed by atoms with Gasteiger partial charge in [0.25, 0.3) is 0 Å². The molecule has 106 valence electrons. The SMILES string of the molecule is CCOC(=O)c1c(CN)cc(OC(F)(F)F)nc1C. The van der Waals surface area contributed by atoms with E-state index < -0.39 is 18.2 Å². The van der Waals surface area contributed by atoms with E-state index in [-0.39, 0.29) is 30.0 Å². The van der Waals surface area contributed by atoms with Gasteiger partial charge in [-0.25, -0.2) is 9.78 Å². The standard InChI is InChI=1S/C11H13F3N2O3/c1-3-18-10(17)9-6(2)16-8(4-7(9)5-15)19-11(12,13)14/h4H,3,5,15H2,1-2H3. The molecule has 0 saturated heterocycles. The van der Waals surface area contributed by atoms with Gasteiger partial charge in [0.1, 0.15) is 0 Å². The zero-order valence-corrected chi connectivity index (χ0v) is 10.4. The number of halogens is 3. The van der Waals surface area contributed by atoms with E-state index >= 15 is 0 Å². The zero-order chi connectivity index (χ0) is 14.6. The summed E-state index contributed by atoms with van der Waals surface area (Å²) in [5.41, 5.74) is 5.74. The maximum Gasteiger partial charge on any atom is 0.574 e. The minimum atomic E-state index is -4.85. The lowest BCUT2D eigenvalue weighted by Crippen LogP contribution is -2.20. The van der Waals surface area contributed by atoms with Crippen LogP contribution in [0.25, 0.3) is 0 Å². The number of esters is 1. The third kappa shape index (κ3) is 4.09. The summed E-state index contributed by atoms with van der Waals surface area (Å²) in [4.78, 5) is 15.2. The number of aryl methyl sites for hydroxylation is 1. The van der Waals surface area contributed by atoms with Crippen molar-refractivity contribution in [1.29, 1.82) is 0 Å². The molecule has 1 aromatic rings. The molecular formula is C11H13F3N2O3. The number of carbonyl (C=O) groups is 1. The molecule has 0 aliphatic rings. The smallest absolute Gasteiger partial charge is 0.462 e. The lowest BCUT2D eigenvalue weighted by molar-refractivity contribution is -0.276. The minimum absolute atomic E-state index is 0.0684. The average Bonchev–Trinajstić information content (AvgIpc) is 2.25. The van der Waals surface area contributed by atoms with Crippen molar-refractivity contribution >= 4 is 5.97 Å². The van der Waals surface area contributed by atoms with Crippen molar-refractivity contribution in [1.82, 2.24) is 4.98 Å². The first-order valence-corrected chi connectivity index (χ1v) is 5.42. The Morgan fingerprint density at radius 2 is 2.11 bits per heavy atom. The molecule has 0 fully saturated rings. The van der Waals surface area contributed by atoms with Crippen molar-refractivity contribution in [2.45, 2.75) is 26.8 Å². The second-order valence-electron chi connectivity index (χ2n) is 3.55. The Balaban J connectivity index is 3.18. The number of pyridine rings is 1. The largest absolute Gasteiger partial charge is 0.574 e. The maximum absolute atomic E-state index is 12.1. The number of nitrogens with two attached hydrogens (primary N) is 1. The van der Waals surface area contributed by atoms with E-state index in [1.807, 2.05) is 0 Å². The van der Waals surface area contributed by atoms with Crippen LogP contribution < -0.4 is 10.5 Å². The summed E-state index contributed by atoms with van der Waals surface area (Å²) >= 11 is 0. The van der Waals surface area contributed by atoms with Crippen LogP contribution in [0.15, 0.2) is 6.07 Å². The van der Waals surface area contributed by atoms with Crippen LogP contribution in [-0.4, -0.2) is 23.9 Å². The highest BCUT2D eigenvalue weighted by Gasteiger charge is 2.32. The van der Waals surface area contributed by atoms with Crippen molar-refractivity contribution in [3.63, 3.8) is 0 Å². The van der Waals surface area contributed by atoms with E-state index in [4.69, 9.17) is 10.5 Å². The van der Waals surface area contributed by atoms with Crippen molar-refractivity contribution in [3.05, 3.63) is 22.9 Å². The Bertz CT molecular complexity index is 475. The normalized spacial score (nSPS) is 11.3. The molecule has 0 aliphatic heterocycles. The fourth-order valence-electron chi connectivity index (χ4n) is 1.52. The molecule has 1 aromatic heterocycles. The topological polar surface area (TPSA) is 74.4 Å². The molecule has 0 aliphatic carbocycles. The van der Waals surface area contributed by atoms with Gasteiger partial charge < -0.3 is 15.2 Å². The molecule has 0 aromatic carbocycles. The third-order valence-corrected chi connectivity index (χ3v) is 2.18. The van der Waals surface area contributed by atoms with Gasteiger partial charge in [0.05, 0.1) is 17.9 Å². The van der Waals surface area contributed by atoms with Crippen LogP contribution in [0.4, 0.5) is 13.2 Å². The molecule has 0 atom stereocenters. The number of ether oxygens (including phenoxy) is 2. The molecule has 0 saturated carbocycles. The van der Waals surface area contributed by atoms with E-state index in [0.29, 0.717) is 0 Å². The predicted octanol–water partition coefficient (Wildman–Crippen LogP) is 1.92. The zero-order valence-electron chi connectivity index (χ0n) is 10.4. The van der Waals surface area contributed by atoms with E-state index in [0.717, 1.165) is 6.07 Å². The summed E-state index contributed by atoms with van der Waals surface area (Å²) in [7, 11) is 0. The van der Waals surface area contributed by atoms with Crippen molar-refractivity contribution in [2.24, 2.45) is 5.73 Å². The first-order valence-electron chi connectivity index (χ1n) is 5.42. The molecule has 8 heteroatoms. The van der Waals surface area contributed by atoms with Gasteiger partial charge in [-0.15, -0.1) is 13.2 Å². The van der Waals surface area contributed by atoms with Crippen molar-refractivity contribution in [2.75, 3.05) is 6.61 Å². The van der Waals surface area contributed by atoms with Crippen LogP contribution in [0.3, 0.4) is 0 Å². The van der Waals surface area contributed by atoms with Gasteiger partial charge in [0.15, 0.2) is 0 Å².